The second kappa shape index (κ2) is 5.58. The lowest BCUT2D eigenvalue weighted by atomic mass is 10.1. The summed E-state index contributed by atoms with van der Waals surface area (Å²) < 4.78 is 5.37. The molecule has 1 N–H and O–H groups in total. The smallest absolute Gasteiger partial charge is 0.339 e. The largest absolute Gasteiger partial charge is 0.478 e. The highest BCUT2D eigenvalue weighted by atomic mass is 16.6. The molecule has 1 aromatic heterocycles. The highest BCUT2D eigenvalue weighted by Crippen LogP contribution is 2.33. The van der Waals surface area contributed by atoms with Crippen molar-refractivity contribution in [1.82, 2.24) is 4.98 Å². The van der Waals surface area contributed by atoms with Crippen LogP contribution in [0, 0.1) is 24.0 Å². The summed E-state index contributed by atoms with van der Waals surface area (Å²) in [4.78, 5) is 25.5. The molecule has 0 aliphatic rings. The summed E-state index contributed by atoms with van der Waals surface area (Å²) in [6.07, 6.45) is 1.37. The lowest BCUT2D eigenvalue weighted by Crippen LogP contribution is -2.03. The Morgan fingerprint density at radius 2 is 2.05 bits per heavy atom. The van der Waals surface area contributed by atoms with Crippen LogP contribution in [0.5, 0.6) is 11.6 Å². The Morgan fingerprint density at radius 3 is 2.67 bits per heavy atom. The molecule has 7 nitrogen and oxygen atoms in total. The van der Waals surface area contributed by atoms with Gasteiger partial charge in [-0.05, 0) is 32.0 Å². The van der Waals surface area contributed by atoms with Gasteiger partial charge in [-0.1, -0.05) is 11.6 Å². The van der Waals surface area contributed by atoms with E-state index >= 15 is 0 Å². The van der Waals surface area contributed by atoms with Crippen LogP contribution < -0.4 is 4.74 Å². The monoisotopic (exact) mass is 288 g/mol. The van der Waals surface area contributed by atoms with Gasteiger partial charge in [0, 0.05) is 11.8 Å². The van der Waals surface area contributed by atoms with Crippen LogP contribution in [-0.4, -0.2) is 21.0 Å². The molecule has 0 amide bonds. The molecule has 0 bridgehead atoms. The molecule has 0 aliphatic heterocycles. The number of nitro groups is 1. The van der Waals surface area contributed by atoms with E-state index in [1.165, 1.54) is 24.4 Å². The predicted octanol–water partition coefficient (Wildman–Crippen LogP) is 3.10. The fourth-order valence-electron chi connectivity index (χ4n) is 1.83. The van der Waals surface area contributed by atoms with E-state index in [1.807, 2.05) is 0 Å². The van der Waals surface area contributed by atoms with Gasteiger partial charge >= 0.3 is 11.7 Å². The molecule has 21 heavy (non-hydrogen) atoms. The number of aryl methyl sites for hydroxylation is 2. The first-order valence-electron chi connectivity index (χ1n) is 6.02. The van der Waals surface area contributed by atoms with Crippen molar-refractivity contribution >= 4 is 11.7 Å². The Labute approximate surface area is 120 Å². The van der Waals surface area contributed by atoms with Crippen LogP contribution in [0.15, 0.2) is 30.5 Å². The summed E-state index contributed by atoms with van der Waals surface area (Å²) in [6, 6.07) is 6.02. The number of hydrogen-bond donors (Lipinski definition) is 1. The average molecular weight is 288 g/mol. The molecule has 0 spiro atoms. The zero-order valence-electron chi connectivity index (χ0n) is 11.4. The summed E-state index contributed by atoms with van der Waals surface area (Å²) in [5, 5.41) is 20.2. The molecular formula is C14H12N2O5. The summed E-state index contributed by atoms with van der Waals surface area (Å²) in [5.41, 5.74) is 0.766. The lowest BCUT2D eigenvalue weighted by molar-refractivity contribution is -0.386. The van der Waals surface area contributed by atoms with Crippen molar-refractivity contribution in [3.05, 3.63) is 57.3 Å². The fourth-order valence-corrected chi connectivity index (χ4v) is 1.83. The molecule has 2 aromatic rings. The molecule has 0 fully saturated rings. The average Bonchev–Trinajstić information content (AvgIpc) is 2.40. The standard InChI is InChI=1S/C14H12N2O5/c1-8-3-4-11(10(7-8)14(17)18)21-13-12(16(19)20)9(2)5-6-15-13/h3-7H,1-2H3,(H,17,18). The highest BCUT2D eigenvalue weighted by Gasteiger charge is 2.22. The van der Waals surface area contributed by atoms with Gasteiger partial charge in [0.1, 0.15) is 11.3 Å². The number of carboxylic acid groups (broad SMARTS) is 1. The van der Waals surface area contributed by atoms with Gasteiger partial charge in [-0.3, -0.25) is 10.1 Å². The van der Waals surface area contributed by atoms with Crippen molar-refractivity contribution in [2.45, 2.75) is 13.8 Å². The summed E-state index contributed by atoms with van der Waals surface area (Å²) >= 11 is 0. The minimum absolute atomic E-state index is 0.00861. The number of aromatic nitrogens is 1. The van der Waals surface area contributed by atoms with Gasteiger partial charge < -0.3 is 9.84 Å². The number of pyridine rings is 1. The maximum atomic E-state index is 11.2. The van der Waals surface area contributed by atoms with Crippen molar-refractivity contribution < 1.29 is 19.6 Å². The minimum Gasteiger partial charge on any atom is -0.478 e. The van der Waals surface area contributed by atoms with Crippen LogP contribution in [0.25, 0.3) is 0 Å². The normalized spacial score (nSPS) is 10.2. The van der Waals surface area contributed by atoms with Crippen molar-refractivity contribution in [2.75, 3.05) is 0 Å². The molecule has 0 aliphatic carbocycles. The van der Waals surface area contributed by atoms with Gasteiger partial charge in [0.15, 0.2) is 0 Å². The first-order chi connectivity index (χ1) is 9.90. The Morgan fingerprint density at radius 1 is 1.33 bits per heavy atom. The second-order valence-corrected chi connectivity index (χ2v) is 4.45. The third-order valence-corrected chi connectivity index (χ3v) is 2.85. The first-order valence-corrected chi connectivity index (χ1v) is 6.02. The van der Waals surface area contributed by atoms with E-state index < -0.39 is 10.9 Å². The van der Waals surface area contributed by atoms with E-state index in [1.54, 1.807) is 19.9 Å². The quantitative estimate of drug-likeness (QED) is 0.685. The Bertz CT molecular complexity index is 727. The highest BCUT2D eigenvalue weighted by molar-refractivity contribution is 5.91. The fraction of sp³-hybridized carbons (Fsp3) is 0.143. The molecule has 0 unspecified atom stereocenters. The van der Waals surface area contributed by atoms with Gasteiger partial charge in [0.2, 0.25) is 0 Å². The zero-order valence-corrected chi connectivity index (χ0v) is 11.4. The van der Waals surface area contributed by atoms with Crippen LogP contribution in [0.2, 0.25) is 0 Å². The summed E-state index contributed by atoms with van der Waals surface area (Å²) in [6.45, 7) is 3.30. The predicted molar refractivity (Wildman–Crippen MR) is 73.8 cm³/mol. The molecule has 1 heterocycles. The number of benzene rings is 1. The van der Waals surface area contributed by atoms with Crippen LogP contribution in [0.4, 0.5) is 5.69 Å². The molecule has 0 saturated heterocycles. The number of rotatable bonds is 4. The molecule has 0 atom stereocenters. The van der Waals surface area contributed by atoms with E-state index in [0.717, 1.165) is 5.56 Å². The summed E-state index contributed by atoms with van der Waals surface area (Å²) in [5.74, 6) is -1.40. The second-order valence-electron chi connectivity index (χ2n) is 4.45. The molecule has 108 valence electrons. The Hall–Kier alpha value is -2.96. The molecule has 0 saturated carbocycles. The molecule has 1 aromatic carbocycles. The number of hydrogen-bond acceptors (Lipinski definition) is 5. The van der Waals surface area contributed by atoms with Crippen molar-refractivity contribution in [3.8, 4) is 11.6 Å². The van der Waals surface area contributed by atoms with E-state index in [-0.39, 0.29) is 22.9 Å². The Kier molecular flexibility index (Phi) is 3.84. The van der Waals surface area contributed by atoms with Crippen molar-refractivity contribution in [1.29, 1.82) is 0 Å². The van der Waals surface area contributed by atoms with E-state index in [9.17, 15) is 14.9 Å². The van der Waals surface area contributed by atoms with Crippen LogP contribution in [0.1, 0.15) is 21.5 Å². The van der Waals surface area contributed by atoms with Crippen LogP contribution in [-0.2, 0) is 0 Å². The lowest BCUT2D eigenvalue weighted by Gasteiger charge is -2.09. The molecule has 7 heteroatoms. The zero-order chi connectivity index (χ0) is 15.6. The van der Waals surface area contributed by atoms with Crippen LogP contribution >= 0.6 is 0 Å². The van der Waals surface area contributed by atoms with Gasteiger partial charge in [0.05, 0.1) is 4.92 Å². The van der Waals surface area contributed by atoms with Gasteiger partial charge in [-0.15, -0.1) is 0 Å². The van der Waals surface area contributed by atoms with Gasteiger partial charge in [-0.2, -0.15) is 0 Å². The van der Waals surface area contributed by atoms with E-state index in [2.05, 4.69) is 4.98 Å². The van der Waals surface area contributed by atoms with Crippen molar-refractivity contribution in [3.63, 3.8) is 0 Å². The van der Waals surface area contributed by atoms with Crippen LogP contribution in [0.3, 0.4) is 0 Å². The number of carboxylic acids is 1. The number of aromatic carboxylic acids is 1. The topological polar surface area (TPSA) is 103 Å². The molecule has 2 rings (SSSR count). The van der Waals surface area contributed by atoms with Crippen molar-refractivity contribution in [2.24, 2.45) is 0 Å². The maximum absolute atomic E-state index is 11.2. The van der Waals surface area contributed by atoms with E-state index in [4.69, 9.17) is 9.84 Å². The van der Waals surface area contributed by atoms with Gasteiger partial charge in [0.25, 0.3) is 5.88 Å². The number of carbonyl (C=O) groups is 1. The maximum Gasteiger partial charge on any atom is 0.339 e. The SMILES string of the molecule is Cc1ccc(Oc2nccc(C)c2[N+](=O)[O-])c(C(=O)O)c1. The minimum atomic E-state index is -1.18. The summed E-state index contributed by atoms with van der Waals surface area (Å²) in [7, 11) is 0. The van der Waals surface area contributed by atoms with E-state index in [0.29, 0.717) is 5.56 Å². The molecule has 0 radical (unpaired) electrons. The Balaban J connectivity index is 2.51. The van der Waals surface area contributed by atoms with Gasteiger partial charge in [-0.25, -0.2) is 9.78 Å². The number of ether oxygens (including phenoxy) is 1. The molecular weight excluding hydrogens is 276 g/mol. The first kappa shape index (κ1) is 14.4. The number of nitrogens with zero attached hydrogens (tertiary/aromatic N) is 2. The third kappa shape index (κ3) is 2.97. The third-order valence-electron chi connectivity index (χ3n) is 2.85.